The van der Waals surface area contributed by atoms with Crippen molar-refractivity contribution < 1.29 is 13.4 Å². The van der Waals surface area contributed by atoms with Crippen LogP contribution in [-0.4, -0.2) is 48.1 Å². The molecule has 0 aliphatic carbocycles. The number of likely N-dealkylation sites (N-methyl/N-ethyl adjacent to an activating group) is 1. The fourth-order valence-electron chi connectivity index (χ4n) is 3.29. The van der Waals surface area contributed by atoms with Gasteiger partial charge in [0.2, 0.25) is 5.91 Å². The number of anilines is 1. The third-order valence-electron chi connectivity index (χ3n) is 4.97. The highest BCUT2D eigenvalue weighted by Crippen LogP contribution is 2.35. The van der Waals surface area contributed by atoms with Crippen LogP contribution in [0.25, 0.3) is 10.7 Å². The monoisotopic (exact) mass is 482 g/mol. The Hall–Kier alpha value is -2.31. The van der Waals surface area contributed by atoms with E-state index in [2.05, 4.69) is 26.0 Å². The molecule has 3 aromatic rings. The van der Waals surface area contributed by atoms with E-state index in [1.807, 2.05) is 12.1 Å². The zero-order valence-electron chi connectivity index (χ0n) is 16.7. The number of rotatable bonds is 4. The van der Waals surface area contributed by atoms with Crippen LogP contribution in [0.3, 0.4) is 0 Å². The van der Waals surface area contributed by atoms with Gasteiger partial charge in [0.05, 0.1) is 25.8 Å². The zero-order valence-corrected chi connectivity index (χ0v) is 19.1. The lowest BCUT2D eigenvalue weighted by molar-refractivity contribution is -0.120. The summed E-state index contributed by atoms with van der Waals surface area (Å²) >= 11 is 7.27. The Morgan fingerprint density at radius 2 is 2.16 bits per heavy atom. The second kappa shape index (κ2) is 8.32. The summed E-state index contributed by atoms with van der Waals surface area (Å²) in [6, 6.07) is 6.66. The second-order valence-corrected chi connectivity index (χ2v) is 10.8. The largest absolute Gasteiger partial charge is 0.325 e. The molecule has 164 valence electrons. The molecule has 4 rings (SSSR count). The molecule has 1 amide bonds. The van der Waals surface area contributed by atoms with Crippen molar-refractivity contribution >= 4 is 50.3 Å². The van der Waals surface area contributed by atoms with Crippen LogP contribution < -0.4 is 10.0 Å². The van der Waals surface area contributed by atoms with E-state index in [1.165, 1.54) is 33.8 Å². The molecule has 0 bridgehead atoms. The summed E-state index contributed by atoms with van der Waals surface area (Å²) in [4.78, 5) is 19.0. The van der Waals surface area contributed by atoms with E-state index in [-0.39, 0.29) is 17.0 Å². The van der Waals surface area contributed by atoms with Gasteiger partial charge in [0.15, 0.2) is 5.82 Å². The molecule has 1 fully saturated rings. The molecule has 1 unspecified atom stereocenters. The molecule has 31 heavy (non-hydrogen) atoms. The molecule has 1 aliphatic heterocycles. The van der Waals surface area contributed by atoms with Gasteiger partial charge in [-0.05, 0) is 42.6 Å². The van der Waals surface area contributed by atoms with Gasteiger partial charge in [-0.1, -0.05) is 11.6 Å². The van der Waals surface area contributed by atoms with E-state index in [9.17, 15) is 13.4 Å². The predicted octanol–water partition coefficient (Wildman–Crippen LogP) is 2.86. The van der Waals surface area contributed by atoms with Gasteiger partial charge < -0.3 is 5.32 Å². The topological polar surface area (TPSA) is 92.1 Å². The molecule has 12 heteroatoms. The molecular weight excluding hydrogens is 463 g/mol. The van der Waals surface area contributed by atoms with E-state index >= 15 is 0 Å². The maximum Gasteiger partial charge on any atom is 0.242 e. The van der Waals surface area contributed by atoms with E-state index in [0.29, 0.717) is 17.9 Å². The number of aromatic nitrogens is 3. The zero-order chi connectivity index (χ0) is 22.3. The lowest BCUT2D eigenvalue weighted by Gasteiger charge is -2.39. The minimum atomic E-state index is -2.90. The Labute approximate surface area is 188 Å². The Morgan fingerprint density at radius 1 is 1.39 bits per heavy atom. The lowest BCUT2D eigenvalue weighted by Crippen LogP contribution is -2.55. The number of nitrogens with zero attached hydrogens (tertiary/aromatic N) is 4. The third-order valence-corrected chi connectivity index (χ3v) is 8.29. The molecule has 2 N–H and O–H groups in total. The van der Waals surface area contributed by atoms with Crippen LogP contribution in [-0.2, 0) is 21.7 Å². The number of nitrogens with one attached hydrogen (secondary N) is 2. The van der Waals surface area contributed by atoms with Crippen molar-refractivity contribution in [3.63, 3.8) is 0 Å². The number of amides is 1. The second-order valence-electron chi connectivity index (χ2n) is 7.17. The molecule has 2 aromatic heterocycles. The molecule has 1 aliphatic rings. The Balaban J connectivity index is 1.57. The summed E-state index contributed by atoms with van der Waals surface area (Å²) < 4.78 is 32.6. The molecule has 0 radical (unpaired) electrons. The van der Waals surface area contributed by atoms with E-state index < -0.39 is 21.8 Å². The first-order valence-electron chi connectivity index (χ1n) is 9.23. The first kappa shape index (κ1) is 21.9. The maximum atomic E-state index is 13.4. The highest BCUT2D eigenvalue weighted by molar-refractivity contribution is 7.96. The average Bonchev–Trinajstić information content (AvgIpc) is 3.35. The molecule has 1 saturated heterocycles. The quantitative estimate of drug-likeness (QED) is 0.559. The van der Waals surface area contributed by atoms with Gasteiger partial charge in [-0.25, -0.2) is 22.6 Å². The summed E-state index contributed by atoms with van der Waals surface area (Å²) in [6.07, 6.45) is 1.98. The van der Waals surface area contributed by atoms with Gasteiger partial charge in [-0.3, -0.25) is 9.48 Å². The summed E-state index contributed by atoms with van der Waals surface area (Å²) in [5.41, 5.74) is 0.357. The number of benzene rings is 1. The van der Waals surface area contributed by atoms with Crippen LogP contribution in [0.2, 0.25) is 5.02 Å². The van der Waals surface area contributed by atoms with Gasteiger partial charge in [0, 0.05) is 24.7 Å². The molecular formula is C19H20ClFN6O2S2. The van der Waals surface area contributed by atoms with Gasteiger partial charge in [-0.2, -0.15) is 5.10 Å². The number of carbonyl (C=O) groups excluding carboxylic acids is 1. The molecule has 3 atom stereocenters. The average molecular weight is 483 g/mol. The van der Waals surface area contributed by atoms with Crippen LogP contribution in [0.15, 0.2) is 36.7 Å². The summed E-state index contributed by atoms with van der Waals surface area (Å²) in [5.74, 6) is 3.44. The minimum Gasteiger partial charge on any atom is -0.325 e. The first-order chi connectivity index (χ1) is 14.6. The van der Waals surface area contributed by atoms with E-state index in [4.69, 9.17) is 11.6 Å². The van der Waals surface area contributed by atoms with Crippen molar-refractivity contribution in [2.24, 2.45) is 7.05 Å². The van der Waals surface area contributed by atoms with Crippen LogP contribution in [0.5, 0.6) is 0 Å². The van der Waals surface area contributed by atoms with Crippen LogP contribution in [0.4, 0.5) is 10.1 Å². The van der Waals surface area contributed by atoms with Crippen molar-refractivity contribution in [2.75, 3.05) is 12.4 Å². The Kier molecular flexibility index (Phi) is 5.88. The number of hydrogen-bond acceptors (Lipinski definition) is 5. The Bertz CT molecular complexity index is 1240. The summed E-state index contributed by atoms with van der Waals surface area (Å²) in [5, 5.41) is 6.93. The van der Waals surface area contributed by atoms with Crippen LogP contribution in [0, 0.1) is 5.82 Å². The predicted molar refractivity (Wildman–Crippen MR) is 122 cm³/mol. The van der Waals surface area contributed by atoms with Gasteiger partial charge in [0.25, 0.3) is 0 Å². The minimum absolute atomic E-state index is 0.0930. The maximum absolute atomic E-state index is 13.4. The van der Waals surface area contributed by atoms with Crippen molar-refractivity contribution in [1.29, 1.82) is 0 Å². The van der Waals surface area contributed by atoms with Gasteiger partial charge >= 0.3 is 0 Å². The number of thiophene rings is 1. The lowest BCUT2D eigenvalue weighted by atomic mass is 10.1. The standard InChI is InChI=1S/C19H20ClFN6O2S2/c1-26-10-22-18(24-26)17-7-6-16(30-17)14-9-15(27(2)31(3,29)25-14)19(28)23-11-4-5-13(21)12(20)8-11/h4-8,10,14-15H,3,9H2,1-2H3,(H,23,28)(H,25,29)/t14-,15+,31?/m1/s1. The number of carbonyl (C=O) groups is 1. The third kappa shape index (κ3) is 4.51. The molecule has 1 aromatic carbocycles. The van der Waals surface area contributed by atoms with Crippen LogP contribution >= 0.6 is 22.9 Å². The smallest absolute Gasteiger partial charge is 0.242 e. The van der Waals surface area contributed by atoms with Gasteiger partial charge in [-0.15, -0.1) is 11.3 Å². The number of aryl methyl sites for hydroxylation is 1. The van der Waals surface area contributed by atoms with Crippen LogP contribution in [0.1, 0.15) is 17.3 Å². The first-order valence-corrected chi connectivity index (χ1v) is 12.1. The fourth-order valence-corrected chi connectivity index (χ4v) is 5.98. The van der Waals surface area contributed by atoms with Crippen molar-refractivity contribution in [1.82, 2.24) is 23.8 Å². The molecule has 3 heterocycles. The molecule has 8 nitrogen and oxygen atoms in total. The van der Waals surface area contributed by atoms with Crippen molar-refractivity contribution in [3.05, 3.63) is 52.4 Å². The highest BCUT2D eigenvalue weighted by atomic mass is 35.5. The number of hydrogen-bond donors (Lipinski definition) is 2. The number of halogens is 2. The SMILES string of the molecule is C=S1(=O)N[C@@H](c2ccc(-c3ncn(C)n3)s2)C[C@@H](C(=O)Nc2ccc(F)c(Cl)c2)N1C. The van der Waals surface area contributed by atoms with E-state index in [1.54, 1.807) is 25.1 Å². The Morgan fingerprint density at radius 3 is 2.84 bits per heavy atom. The fraction of sp³-hybridized carbons (Fsp3) is 0.263. The molecule has 0 saturated carbocycles. The summed E-state index contributed by atoms with van der Waals surface area (Å²) in [6.45, 7) is 0. The van der Waals surface area contributed by atoms with Crippen molar-refractivity contribution in [3.8, 4) is 10.7 Å². The van der Waals surface area contributed by atoms with E-state index in [0.717, 1.165) is 9.75 Å². The normalized spacial score (nSPS) is 24.3. The molecule has 0 spiro atoms. The highest BCUT2D eigenvalue weighted by Gasteiger charge is 2.38. The summed E-state index contributed by atoms with van der Waals surface area (Å²) in [7, 11) is 0.468. The van der Waals surface area contributed by atoms with Crippen molar-refractivity contribution in [2.45, 2.75) is 18.5 Å². The van der Waals surface area contributed by atoms with Gasteiger partial charge in [0.1, 0.15) is 18.2 Å².